The molecule has 1 heterocycles. The van der Waals surface area contributed by atoms with Crippen LogP contribution in [0.25, 0.3) is 0 Å². The predicted molar refractivity (Wildman–Crippen MR) is 77.6 cm³/mol. The highest BCUT2D eigenvalue weighted by Crippen LogP contribution is 2.16. The Morgan fingerprint density at radius 2 is 1.95 bits per heavy atom. The van der Waals surface area contributed by atoms with Crippen molar-refractivity contribution in [2.45, 2.75) is 18.0 Å². The van der Waals surface area contributed by atoms with Gasteiger partial charge in [-0.15, -0.1) is 0 Å². The number of hydroxylamine groups is 1. The van der Waals surface area contributed by atoms with Gasteiger partial charge in [0.05, 0.1) is 6.33 Å². The first kappa shape index (κ1) is 16.1. The quantitative estimate of drug-likeness (QED) is 0.550. The van der Waals surface area contributed by atoms with Crippen LogP contribution in [0, 0.1) is 0 Å². The van der Waals surface area contributed by atoms with Gasteiger partial charge in [0, 0.05) is 24.8 Å². The van der Waals surface area contributed by atoms with Gasteiger partial charge in [-0.2, -0.15) is 0 Å². The zero-order valence-electron chi connectivity index (χ0n) is 12.0. The van der Waals surface area contributed by atoms with Crippen LogP contribution in [0.1, 0.15) is 28.9 Å². The molecule has 8 nitrogen and oxygen atoms in total. The summed E-state index contributed by atoms with van der Waals surface area (Å²) in [5.41, 5.74) is 2.48. The summed E-state index contributed by atoms with van der Waals surface area (Å²) in [6.07, 6.45) is 2.81. The molecule has 2 aromatic rings. The molecular formula is C13H16N4O4S. The third-order valence-corrected chi connectivity index (χ3v) is 4.49. The maximum Gasteiger partial charge on any atom is 0.274 e. The molecule has 118 valence electrons. The lowest BCUT2D eigenvalue weighted by molar-refractivity contribution is 0.0706. The van der Waals surface area contributed by atoms with E-state index in [0.29, 0.717) is 5.56 Å². The normalized spacial score (nSPS) is 12.9. The van der Waals surface area contributed by atoms with Gasteiger partial charge >= 0.3 is 0 Å². The molecule has 0 aliphatic heterocycles. The Labute approximate surface area is 127 Å². The first-order valence-electron chi connectivity index (χ1n) is 6.38. The van der Waals surface area contributed by atoms with Gasteiger partial charge in [0.2, 0.25) is 0 Å². The van der Waals surface area contributed by atoms with E-state index in [9.17, 15) is 13.2 Å². The van der Waals surface area contributed by atoms with Crippen molar-refractivity contribution in [2.24, 2.45) is 7.05 Å². The van der Waals surface area contributed by atoms with Crippen molar-refractivity contribution in [1.29, 1.82) is 0 Å². The second kappa shape index (κ2) is 6.26. The number of aryl methyl sites for hydroxylation is 1. The molecular weight excluding hydrogens is 308 g/mol. The van der Waals surface area contributed by atoms with Crippen LogP contribution in [-0.2, 0) is 17.1 Å². The number of rotatable bonds is 5. The van der Waals surface area contributed by atoms with Crippen molar-refractivity contribution >= 4 is 15.9 Å². The lowest BCUT2D eigenvalue weighted by Crippen LogP contribution is -2.27. The molecule has 0 radical (unpaired) electrons. The average molecular weight is 324 g/mol. The Balaban J connectivity index is 2.15. The van der Waals surface area contributed by atoms with Gasteiger partial charge in [0.25, 0.3) is 15.9 Å². The van der Waals surface area contributed by atoms with Crippen LogP contribution in [-0.4, -0.2) is 29.1 Å². The van der Waals surface area contributed by atoms with Gasteiger partial charge in [-0.05, 0) is 24.6 Å². The summed E-state index contributed by atoms with van der Waals surface area (Å²) in [6, 6.07) is 5.70. The number of nitrogens with one attached hydrogen (secondary N) is 2. The van der Waals surface area contributed by atoms with Crippen molar-refractivity contribution in [3.63, 3.8) is 0 Å². The fourth-order valence-electron chi connectivity index (χ4n) is 1.88. The summed E-state index contributed by atoms with van der Waals surface area (Å²) in [7, 11) is -2.04. The zero-order valence-corrected chi connectivity index (χ0v) is 12.8. The lowest BCUT2D eigenvalue weighted by atomic mass is 10.1. The summed E-state index contributed by atoms with van der Waals surface area (Å²) < 4.78 is 28.4. The van der Waals surface area contributed by atoms with Gasteiger partial charge in [-0.1, -0.05) is 12.1 Å². The molecule has 1 atom stereocenters. The molecule has 9 heteroatoms. The molecule has 0 spiro atoms. The second-order valence-corrected chi connectivity index (χ2v) is 6.44. The maximum absolute atomic E-state index is 12.2. The van der Waals surface area contributed by atoms with E-state index in [2.05, 4.69) is 9.71 Å². The number of carbonyl (C=O) groups excluding carboxylic acids is 1. The molecule has 2 rings (SSSR count). The highest BCUT2D eigenvalue weighted by atomic mass is 32.2. The Bertz CT molecular complexity index is 768. The Morgan fingerprint density at radius 1 is 1.32 bits per heavy atom. The molecule has 3 N–H and O–H groups in total. The number of carbonyl (C=O) groups is 1. The smallest absolute Gasteiger partial charge is 0.274 e. The summed E-state index contributed by atoms with van der Waals surface area (Å²) >= 11 is 0. The highest BCUT2D eigenvalue weighted by molar-refractivity contribution is 7.89. The molecule has 0 fully saturated rings. The number of hydrogen-bond donors (Lipinski definition) is 3. The molecule has 0 bridgehead atoms. The van der Waals surface area contributed by atoms with Crippen LogP contribution in [0.15, 0.2) is 41.8 Å². The van der Waals surface area contributed by atoms with Crippen LogP contribution in [0.2, 0.25) is 0 Å². The SMILES string of the molecule is CC(NS(=O)(=O)c1cn(C)cn1)c1ccc(C(=O)NO)cc1. The fourth-order valence-corrected chi connectivity index (χ4v) is 3.09. The standard InChI is InChI=1S/C13H16N4O4S/c1-9(10-3-5-11(6-4-10)13(18)15-19)16-22(20,21)12-7-17(2)8-14-12/h3-9,16,19H,1-2H3,(H,15,18). The third-order valence-electron chi connectivity index (χ3n) is 3.06. The van der Waals surface area contributed by atoms with E-state index in [1.807, 2.05) is 0 Å². The number of sulfonamides is 1. The number of hydrogen-bond acceptors (Lipinski definition) is 5. The van der Waals surface area contributed by atoms with E-state index in [0.717, 1.165) is 0 Å². The van der Waals surface area contributed by atoms with Crippen molar-refractivity contribution in [2.75, 3.05) is 0 Å². The van der Waals surface area contributed by atoms with Crippen LogP contribution < -0.4 is 10.2 Å². The number of aromatic nitrogens is 2. The van der Waals surface area contributed by atoms with Gasteiger partial charge in [0.1, 0.15) is 0 Å². The van der Waals surface area contributed by atoms with E-state index < -0.39 is 22.0 Å². The van der Waals surface area contributed by atoms with Crippen LogP contribution >= 0.6 is 0 Å². The predicted octanol–water partition coefficient (Wildman–Crippen LogP) is 0.579. The lowest BCUT2D eigenvalue weighted by Gasteiger charge is -2.13. The molecule has 1 aromatic carbocycles. The topological polar surface area (TPSA) is 113 Å². The Kier molecular flexibility index (Phi) is 4.59. The van der Waals surface area contributed by atoms with E-state index in [1.165, 1.54) is 30.1 Å². The molecule has 0 aliphatic rings. The monoisotopic (exact) mass is 324 g/mol. The van der Waals surface area contributed by atoms with E-state index in [-0.39, 0.29) is 10.6 Å². The van der Waals surface area contributed by atoms with Crippen molar-refractivity contribution in [3.8, 4) is 0 Å². The highest BCUT2D eigenvalue weighted by Gasteiger charge is 2.20. The van der Waals surface area contributed by atoms with Crippen LogP contribution in [0.5, 0.6) is 0 Å². The minimum Gasteiger partial charge on any atom is -0.339 e. The zero-order chi connectivity index (χ0) is 16.3. The molecule has 1 unspecified atom stereocenters. The molecule has 1 aromatic heterocycles. The van der Waals surface area contributed by atoms with Gasteiger partial charge < -0.3 is 4.57 Å². The maximum atomic E-state index is 12.2. The van der Waals surface area contributed by atoms with Gasteiger partial charge in [-0.3, -0.25) is 10.0 Å². The van der Waals surface area contributed by atoms with Crippen molar-refractivity contribution < 1.29 is 18.4 Å². The first-order chi connectivity index (χ1) is 10.3. The van der Waals surface area contributed by atoms with Gasteiger partial charge in [-0.25, -0.2) is 23.6 Å². The summed E-state index contributed by atoms with van der Waals surface area (Å²) in [5.74, 6) is -0.631. The van der Waals surface area contributed by atoms with Crippen molar-refractivity contribution in [1.82, 2.24) is 19.8 Å². The van der Waals surface area contributed by atoms with Crippen LogP contribution in [0.3, 0.4) is 0 Å². The fraction of sp³-hybridized carbons (Fsp3) is 0.231. The number of amides is 1. The molecule has 0 saturated heterocycles. The number of imidazole rings is 1. The number of benzene rings is 1. The third kappa shape index (κ3) is 3.50. The molecule has 0 aliphatic carbocycles. The largest absolute Gasteiger partial charge is 0.339 e. The second-order valence-electron chi connectivity index (χ2n) is 4.78. The summed E-state index contributed by atoms with van der Waals surface area (Å²) in [4.78, 5) is 15.0. The van der Waals surface area contributed by atoms with Gasteiger partial charge in [0.15, 0.2) is 5.03 Å². The average Bonchev–Trinajstić information content (AvgIpc) is 2.93. The number of nitrogens with zero attached hydrogens (tertiary/aromatic N) is 2. The first-order valence-corrected chi connectivity index (χ1v) is 7.86. The van der Waals surface area contributed by atoms with Crippen LogP contribution in [0.4, 0.5) is 0 Å². The Hall–Kier alpha value is -2.23. The van der Waals surface area contributed by atoms with E-state index in [1.54, 1.807) is 30.7 Å². The molecule has 0 saturated carbocycles. The summed E-state index contributed by atoms with van der Waals surface area (Å²) in [6.45, 7) is 1.68. The minimum atomic E-state index is -3.72. The van der Waals surface area contributed by atoms with E-state index in [4.69, 9.17) is 5.21 Å². The Morgan fingerprint density at radius 3 is 2.45 bits per heavy atom. The van der Waals surface area contributed by atoms with E-state index >= 15 is 0 Å². The minimum absolute atomic E-state index is 0.0573. The molecule has 22 heavy (non-hydrogen) atoms. The molecule has 1 amide bonds. The van der Waals surface area contributed by atoms with Crippen molar-refractivity contribution in [3.05, 3.63) is 47.9 Å². The summed E-state index contributed by atoms with van der Waals surface area (Å²) in [5, 5.41) is 8.49.